The van der Waals surface area contributed by atoms with Crippen LogP contribution in [0.2, 0.25) is 5.02 Å². The lowest BCUT2D eigenvalue weighted by molar-refractivity contribution is 0.155. The average Bonchev–Trinajstić information content (AvgIpc) is 3.03. The Kier molecular flexibility index (Phi) is 8.92. The van der Waals surface area contributed by atoms with E-state index < -0.39 is 7.14 Å². The first-order valence-electron chi connectivity index (χ1n) is 15.6. The molecule has 3 N–H and O–H groups in total. The molecule has 4 aromatic rings. The third-order valence-corrected chi connectivity index (χ3v) is 11.1. The normalized spacial score (nSPS) is 16.6. The van der Waals surface area contributed by atoms with Gasteiger partial charge in [0.25, 0.3) is 0 Å². The molecule has 0 aliphatic carbocycles. The fourth-order valence-corrected chi connectivity index (χ4v) is 8.31. The first-order chi connectivity index (χ1) is 21.6. The molecule has 2 fully saturated rings. The van der Waals surface area contributed by atoms with E-state index in [0.717, 1.165) is 60.6 Å². The van der Waals surface area contributed by atoms with Crippen LogP contribution in [0.3, 0.4) is 0 Å². The maximum absolute atomic E-state index is 13.5. The first kappa shape index (κ1) is 31.5. The van der Waals surface area contributed by atoms with Crippen molar-refractivity contribution in [3.8, 4) is 5.75 Å². The number of aryl methyl sites for hydroxylation is 2. The molecule has 4 heterocycles. The topological polar surface area (TPSA) is 117 Å². The van der Waals surface area contributed by atoms with Gasteiger partial charge >= 0.3 is 0 Å². The van der Waals surface area contributed by atoms with Crippen molar-refractivity contribution >= 4 is 63.8 Å². The minimum Gasteiger partial charge on any atom is -0.494 e. The molecule has 0 unspecified atom stereocenters. The van der Waals surface area contributed by atoms with Crippen LogP contribution in [0.1, 0.15) is 44.0 Å². The van der Waals surface area contributed by atoms with Crippen LogP contribution in [0.25, 0.3) is 10.9 Å². The third-order valence-electron chi connectivity index (χ3n) is 9.23. The fraction of sp³-hybridized carbons (Fsp3) is 0.455. The summed E-state index contributed by atoms with van der Waals surface area (Å²) in [4.78, 5) is 20.7. The predicted octanol–water partition coefficient (Wildman–Crippen LogP) is 6.66. The minimum atomic E-state index is -2.75. The van der Waals surface area contributed by atoms with Crippen molar-refractivity contribution in [2.75, 3.05) is 62.2 Å². The Morgan fingerprint density at radius 3 is 2.47 bits per heavy atom. The maximum atomic E-state index is 13.5. The van der Waals surface area contributed by atoms with E-state index in [0.29, 0.717) is 38.9 Å². The van der Waals surface area contributed by atoms with E-state index in [1.54, 1.807) is 32.8 Å². The molecule has 0 amide bonds. The Balaban J connectivity index is 1.25. The highest BCUT2D eigenvalue weighted by molar-refractivity contribution is 7.71. The van der Waals surface area contributed by atoms with Gasteiger partial charge in [0.15, 0.2) is 5.82 Å². The molecule has 1 spiro atoms. The number of ether oxygens (including phenoxy) is 1. The zero-order valence-electron chi connectivity index (χ0n) is 26.7. The number of piperidine rings is 2. The molecule has 2 saturated heterocycles. The van der Waals surface area contributed by atoms with E-state index in [-0.39, 0.29) is 0 Å². The summed E-state index contributed by atoms with van der Waals surface area (Å²) in [5.74, 6) is 2.20. The van der Waals surface area contributed by atoms with Crippen LogP contribution in [0.15, 0.2) is 36.7 Å². The number of anilines is 5. The Labute approximate surface area is 270 Å². The van der Waals surface area contributed by atoms with Crippen molar-refractivity contribution in [3.05, 3.63) is 53.1 Å². The summed E-state index contributed by atoms with van der Waals surface area (Å²) >= 11 is 6.58. The SMILES string of the molecule is CCc1ncc2c(P(C)(C)=O)c(Nc3nc(Nc4cc(C)c(N5CCC6(CCNCC6)CC5)cc4OC)ncc3Cl)ccc2n1. The van der Waals surface area contributed by atoms with Gasteiger partial charge in [0, 0.05) is 48.2 Å². The molecule has 6 rings (SSSR count). The van der Waals surface area contributed by atoms with E-state index in [9.17, 15) is 4.57 Å². The van der Waals surface area contributed by atoms with Gasteiger partial charge < -0.3 is 30.2 Å². The lowest BCUT2D eigenvalue weighted by Crippen LogP contribution is -2.45. The summed E-state index contributed by atoms with van der Waals surface area (Å²) in [5.41, 5.74) is 5.00. The molecule has 10 nitrogen and oxygen atoms in total. The molecular weight excluding hydrogens is 607 g/mol. The van der Waals surface area contributed by atoms with E-state index in [1.165, 1.54) is 31.4 Å². The number of nitrogens with zero attached hydrogens (tertiary/aromatic N) is 5. The lowest BCUT2D eigenvalue weighted by Gasteiger charge is -2.45. The van der Waals surface area contributed by atoms with E-state index in [4.69, 9.17) is 21.3 Å². The molecule has 2 aliphatic rings. The van der Waals surface area contributed by atoms with E-state index >= 15 is 0 Å². The molecule has 0 saturated carbocycles. The zero-order chi connectivity index (χ0) is 31.8. The number of halogens is 1. The molecule has 0 radical (unpaired) electrons. The number of methoxy groups -OCH3 is 1. The second-order valence-electron chi connectivity index (χ2n) is 12.6. The van der Waals surface area contributed by atoms with E-state index in [1.807, 2.05) is 19.1 Å². The van der Waals surface area contributed by atoms with E-state index in [2.05, 4.69) is 54.9 Å². The second-order valence-corrected chi connectivity index (χ2v) is 16.2. The second kappa shape index (κ2) is 12.7. The van der Waals surface area contributed by atoms with Gasteiger partial charge in [0.05, 0.1) is 30.2 Å². The molecule has 45 heavy (non-hydrogen) atoms. The van der Waals surface area contributed by atoms with Crippen molar-refractivity contribution in [3.63, 3.8) is 0 Å². The van der Waals surface area contributed by atoms with Crippen LogP contribution in [0.4, 0.5) is 28.8 Å². The lowest BCUT2D eigenvalue weighted by atomic mass is 9.71. The largest absolute Gasteiger partial charge is 0.494 e. The molecule has 2 aromatic heterocycles. The Bertz CT molecular complexity index is 1760. The van der Waals surface area contributed by atoms with Gasteiger partial charge in [-0.05, 0) is 88.2 Å². The summed E-state index contributed by atoms with van der Waals surface area (Å²) in [6, 6.07) is 7.97. The van der Waals surface area contributed by atoms with Gasteiger partial charge in [-0.25, -0.2) is 15.0 Å². The van der Waals surface area contributed by atoms with Crippen molar-refractivity contribution in [2.24, 2.45) is 5.41 Å². The molecule has 2 aliphatic heterocycles. The summed E-state index contributed by atoms with van der Waals surface area (Å²) in [6.45, 7) is 12.0. The number of hydrogen-bond acceptors (Lipinski definition) is 10. The summed E-state index contributed by atoms with van der Waals surface area (Å²) in [5, 5.41) is 11.9. The van der Waals surface area contributed by atoms with Gasteiger partial charge in [-0.15, -0.1) is 0 Å². The predicted molar refractivity (Wildman–Crippen MR) is 185 cm³/mol. The van der Waals surface area contributed by atoms with Gasteiger partial charge in [-0.3, -0.25) is 0 Å². The van der Waals surface area contributed by atoms with Gasteiger partial charge in [-0.2, -0.15) is 4.98 Å². The molecule has 2 aromatic carbocycles. The number of nitrogens with one attached hydrogen (secondary N) is 3. The molecule has 12 heteroatoms. The highest BCUT2D eigenvalue weighted by Crippen LogP contribution is 2.44. The Hall–Kier alpha value is -3.46. The smallest absolute Gasteiger partial charge is 0.229 e. The standard InChI is InChI=1S/C33H42ClN8O2P/c1-6-29-36-19-22-24(38-29)7-8-25(30(22)45(4,5)43)39-31-23(34)20-37-32(41-31)40-26-17-21(2)27(18-28(26)44-3)42-15-11-33(12-16-42)9-13-35-14-10-33/h7-8,17-20,35H,6,9-16H2,1-5H3,(H2,37,39,40,41). The fourth-order valence-electron chi connectivity index (χ4n) is 6.71. The summed E-state index contributed by atoms with van der Waals surface area (Å²) in [6.07, 6.45) is 9.02. The zero-order valence-corrected chi connectivity index (χ0v) is 28.4. The van der Waals surface area contributed by atoms with Crippen LogP contribution in [-0.4, -0.2) is 66.6 Å². The monoisotopic (exact) mass is 648 g/mol. The van der Waals surface area contributed by atoms with Gasteiger partial charge in [-0.1, -0.05) is 18.5 Å². The minimum absolute atomic E-state index is 0.335. The first-order valence-corrected chi connectivity index (χ1v) is 18.6. The summed E-state index contributed by atoms with van der Waals surface area (Å²) < 4.78 is 19.4. The number of rotatable bonds is 8. The summed E-state index contributed by atoms with van der Waals surface area (Å²) in [7, 11) is -1.08. The van der Waals surface area contributed by atoms with Crippen LogP contribution in [0.5, 0.6) is 5.75 Å². The highest BCUT2D eigenvalue weighted by Gasteiger charge is 2.36. The van der Waals surface area contributed by atoms with Gasteiger partial charge in [0.2, 0.25) is 5.95 Å². The quantitative estimate of drug-likeness (QED) is 0.179. The van der Waals surface area contributed by atoms with Crippen LogP contribution >= 0.6 is 18.7 Å². The van der Waals surface area contributed by atoms with Crippen LogP contribution < -0.4 is 30.9 Å². The molecule has 0 atom stereocenters. The average molecular weight is 649 g/mol. The van der Waals surface area contributed by atoms with Crippen molar-refractivity contribution in [1.82, 2.24) is 25.3 Å². The highest BCUT2D eigenvalue weighted by atomic mass is 35.5. The third kappa shape index (κ3) is 6.60. The number of hydrogen-bond donors (Lipinski definition) is 3. The molecular formula is C33H42ClN8O2P. The van der Waals surface area contributed by atoms with Crippen molar-refractivity contribution in [2.45, 2.75) is 46.0 Å². The molecule has 238 valence electrons. The van der Waals surface area contributed by atoms with Crippen molar-refractivity contribution < 1.29 is 9.30 Å². The Morgan fingerprint density at radius 2 is 1.78 bits per heavy atom. The number of aromatic nitrogens is 4. The number of benzene rings is 2. The number of fused-ring (bicyclic) bond motifs is 1. The van der Waals surface area contributed by atoms with Gasteiger partial charge in [0.1, 0.15) is 23.7 Å². The maximum Gasteiger partial charge on any atom is 0.229 e. The van der Waals surface area contributed by atoms with Crippen molar-refractivity contribution in [1.29, 1.82) is 0 Å². The van der Waals surface area contributed by atoms with Crippen LogP contribution in [0, 0.1) is 12.3 Å². The van der Waals surface area contributed by atoms with Crippen LogP contribution in [-0.2, 0) is 11.0 Å². The molecule has 0 bridgehead atoms. The Morgan fingerprint density at radius 1 is 1.02 bits per heavy atom.